The van der Waals surface area contributed by atoms with E-state index in [-0.39, 0.29) is 6.00 Å². The molecule has 3 aromatic carbocycles. The molecule has 0 saturated heterocycles. The predicted molar refractivity (Wildman–Crippen MR) is 118 cm³/mol. The van der Waals surface area contributed by atoms with Gasteiger partial charge in [-0.3, -0.25) is 9.98 Å². The Morgan fingerprint density at radius 3 is 2.22 bits per heavy atom. The molecule has 0 radical (unpaired) electrons. The van der Waals surface area contributed by atoms with Crippen LogP contribution in [0.15, 0.2) is 98.6 Å². The van der Waals surface area contributed by atoms with E-state index in [2.05, 4.69) is 65.2 Å². The van der Waals surface area contributed by atoms with Gasteiger partial charge in [-0.05, 0) is 23.9 Å². The van der Waals surface area contributed by atoms with Crippen LogP contribution in [0.5, 0.6) is 0 Å². The lowest BCUT2D eigenvalue weighted by Crippen LogP contribution is -2.00. The van der Waals surface area contributed by atoms with Crippen LogP contribution in [0.2, 0.25) is 0 Å². The van der Waals surface area contributed by atoms with E-state index in [1.165, 1.54) is 16.0 Å². The van der Waals surface area contributed by atoms with E-state index in [0.29, 0.717) is 0 Å². The number of thioether (sulfide) groups is 1. The number of alkyl halides is 1. The number of hydrogen-bond donors (Lipinski definition) is 0. The maximum atomic E-state index is 5.93. The zero-order valence-corrected chi connectivity index (χ0v) is 16.2. The van der Waals surface area contributed by atoms with Crippen molar-refractivity contribution in [2.24, 2.45) is 9.98 Å². The van der Waals surface area contributed by atoms with Crippen molar-refractivity contribution in [1.29, 1.82) is 0 Å². The molecule has 27 heavy (non-hydrogen) atoms. The molecule has 0 aromatic heterocycles. The lowest BCUT2D eigenvalue weighted by Gasteiger charge is -2.09. The maximum absolute atomic E-state index is 5.93. The summed E-state index contributed by atoms with van der Waals surface area (Å²) in [4.78, 5) is 11.0. The second-order valence-corrected chi connectivity index (χ2v) is 7.29. The third-order valence-corrected chi connectivity index (χ3v) is 5.71. The van der Waals surface area contributed by atoms with E-state index >= 15 is 0 Å². The molecule has 132 valence electrons. The molecule has 0 fully saturated rings. The Morgan fingerprint density at radius 2 is 1.52 bits per heavy atom. The van der Waals surface area contributed by atoms with Crippen molar-refractivity contribution in [3.63, 3.8) is 0 Å². The van der Waals surface area contributed by atoms with Gasteiger partial charge in [0.2, 0.25) is 0 Å². The molecular formula is C23H17ClN2S. The number of nitrogens with zero attached hydrogens (tertiary/aromatic N) is 2. The van der Waals surface area contributed by atoms with Crippen LogP contribution in [0.4, 0.5) is 0 Å². The zero-order valence-electron chi connectivity index (χ0n) is 14.6. The van der Waals surface area contributed by atoms with Crippen molar-refractivity contribution in [2.45, 2.75) is 4.90 Å². The van der Waals surface area contributed by atoms with E-state index in [9.17, 15) is 0 Å². The van der Waals surface area contributed by atoms with Crippen LogP contribution in [0.1, 0.15) is 11.1 Å². The van der Waals surface area contributed by atoms with Gasteiger partial charge in [-0.15, -0.1) is 11.6 Å². The van der Waals surface area contributed by atoms with Gasteiger partial charge in [-0.25, -0.2) is 0 Å². The molecule has 1 aliphatic rings. The largest absolute Gasteiger partial charge is 0.267 e. The van der Waals surface area contributed by atoms with Crippen molar-refractivity contribution < 1.29 is 0 Å². The van der Waals surface area contributed by atoms with Gasteiger partial charge in [0.25, 0.3) is 0 Å². The van der Waals surface area contributed by atoms with Crippen LogP contribution >= 0.6 is 23.4 Å². The minimum atomic E-state index is 0.213. The molecule has 2 nitrogen and oxygen atoms in total. The first-order chi connectivity index (χ1) is 13.3. The molecule has 0 atom stereocenters. The number of allylic oxidation sites excluding steroid dienone is 1. The molecule has 0 spiro atoms. The average molecular weight is 389 g/mol. The Labute approximate surface area is 168 Å². The van der Waals surface area contributed by atoms with Crippen LogP contribution in [-0.4, -0.2) is 18.4 Å². The SMILES string of the molecule is C=N/C(=C1/Sc2ccccc2/C1=N/CCl)c1ccc(-c2ccccc2)cc1. The summed E-state index contributed by atoms with van der Waals surface area (Å²) in [6.07, 6.45) is 0. The summed E-state index contributed by atoms with van der Waals surface area (Å²) in [5.74, 6) is 0. The van der Waals surface area contributed by atoms with Crippen LogP contribution < -0.4 is 0 Å². The molecule has 1 heterocycles. The summed E-state index contributed by atoms with van der Waals surface area (Å²) < 4.78 is 0. The van der Waals surface area contributed by atoms with Gasteiger partial charge in [-0.1, -0.05) is 84.6 Å². The lowest BCUT2D eigenvalue weighted by molar-refractivity contribution is 1.34. The van der Waals surface area contributed by atoms with Crippen molar-refractivity contribution in [2.75, 3.05) is 6.00 Å². The topological polar surface area (TPSA) is 24.7 Å². The van der Waals surface area contributed by atoms with E-state index in [0.717, 1.165) is 27.4 Å². The summed E-state index contributed by atoms with van der Waals surface area (Å²) in [5.41, 5.74) is 6.20. The monoisotopic (exact) mass is 388 g/mol. The highest BCUT2D eigenvalue weighted by Gasteiger charge is 2.26. The van der Waals surface area contributed by atoms with Crippen molar-refractivity contribution in [3.8, 4) is 11.1 Å². The van der Waals surface area contributed by atoms with E-state index in [4.69, 9.17) is 11.6 Å². The lowest BCUT2D eigenvalue weighted by atomic mass is 10.0. The van der Waals surface area contributed by atoms with Crippen LogP contribution in [0.25, 0.3) is 16.8 Å². The third kappa shape index (κ3) is 3.48. The number of hydrogen-bond acceptors (Lipinski definition) is 3. The highest BCUT2D eigenvalue weighted by Crippen LogP contribution is 2.44. The number of fused-ring (bicyclic) bond motifs is 1. The molecule has 4 heteroatoms. The molecular weight excluding hydrogens is 372 g/mol. The van der Waals surface area contributed by atoms with E-state index in [1.807, 2.05) is 30.3 Å². The number of aliphatic imine (C=N–C) groups is 2. The van der Waals surface area contributed by atoms with Crippen LogP contribution in [0, 0.1) is 0 Å². The first-order valence-electron chi connectivity index (χ1n) is 8.56. The third-order valence-electron chi connectivity index (χ3n) is 4.43. The fraction of sp³-hybridized carbons (Fsp3) is 0.0435. The first-order valence-corrected chi connectivity index (χ1v) is 9.92. The van der Waals surface area contributed by atoms with Crippen molar-refractivity contribution >= 4 is 41.5 Å². The van der Waals surface area contributed by atoms with Gasteiger partial charge in [0.1, 0.15) is 6.00 Å². The van der Waals surface area contributed by atoms with Crippen molar-refractivity contribution in [1.82, 2.24) is 0 Å². The molecule has 4 rings (SSSR count). The minimum Gasteiger partial charge on any atom is -0.267 e. The summed E-state index contributed by atoms with van der Waals surface area (Å²) in [5, 5.41) is 0. The van der Waals surface area contributed by atoms with E-state index in [1.54, 1.807) is 11.8 Å². The van der Waals surface area contributed by atoms with E-state index < -0.39 is 0 Å². The van der Waals surface area contributed by atoms with Gasteiger partial charge in [0.15, 0.2) is 0 Å². The normalized spacial score (nSPS) is 16.3. The Morgan fingerprint density at radius 1 is 0.852 bits per heavy atom. The molecule has 3 aromatic rings. The molecule has 0 bridgehead atoms. The Bertz CT molecular complexity index is 1040. The van der Waals surface area contributed by atoms with Crippen molar-refractivity contribution in [3.05, 3.63) is 94.9 Å². The Balaban J connectivity index is 1.78. The molecule has 1 aliphatic heterocycles. The number of benzene rings is 3. The highest BCUT2D eigenvalue weighted by molar-refractivity contribution is 8.05. The number of rotatable bonds is 4. The standard InChI is InChI=1S/C23H17ClN2S/c1-25-21(18-13-11-17(12-14-18)16-7-3-2-4-8-16)23-22(26-15-24)19-9-5-6-10-20(19)27-23/h2-14H,1,15H2/b23-21+,26-22-. The molecule has 0 saturated carbocycles. The molecule has 0 amide bonds. The maximum Gasteiger partial charge on any atom is 0.114 e. The number of halogens is 1. The summed E-state index contributed by atoms with van der Waals surface area (Å²) in [7, 11) is 0. The Hall–Kier alpha value is -2.62. The Kier molecular flexibility index (Phi) is 5.23. The first kappa shape index (κ1) is 17.8. The molecule has 0 unspecified atom stereocenters. The predicted octanol–water partition coefficient (Wildman–Crippen LogP) is 6.51. The molecule has 0 N–H and O–H groups in total. The average Bonchev–Trinajstić information content (AvgIpc) is 3.08. The fourth-order valence-electron chi connectivity index (χ4n) is 3.15. The zero-order chi connectivity index (χ0) is 18.6. The van der Waals surface area contributed by atoms with Gasteiger partial charge in [-0.2, -0.15) is 0 Å². The van der Waals surface area contributed by atoms with Crippen LogP contribution in [-0.2, 0) is 0 Å². The highest BCUT2D eigenvalue weighted by atomic mass is 35.5. The quantitative estimate of drug-likeness (QED) is 0.284. The second kappa shape index (κ2) is 7.95. The van der Waals surface area contributed by atoms with Crippen LogP contribution in [0.3, 0.4) is 0 Å². The van der Waals surface area contributed by atoms with Gasteiger partial charge in [0, 0.05) is 16.0 Å². The van der Waals surface area contributed by atoms with Gasteiger partial charge in [0.05, 0.1) is 16.3 Å². The smallest absolute Gasteiger partial charge is 0.114 e. The summed E-state index contributed by atoms with van der Waals surface area (Å²) in [6, 6.07) is 27.1. The minimum absolute atomic E-state index is 0.213. The summed E-state index contributed by atoms with van der Waals surface area (Å²) >= 11 is 7.60. The molecule has 0 aliphatic carbocycles. The second-order valence-electron chi connectivity index (χ2n) is 6.00. The fourth-order valence-corrected chi connectivity index (χ4v) is 4.47. The van der Waals surface area contributed by atoms with Gasteiger partial charge >= 0.3 is 0 Å². The van der Waals surface area contributed by atoms with Gasteiger partial charge < -0.3 is 0 Å². The summed E-state index contributed by atoms with van der Waals surface area (Å²) in [6.45, 7) is 3.81.